The van der Waals surface area contributed by atoms with Crippen LogP contribution >= 0.6 is 11.3 Å². The van der Waals surface area contributed by atoms with Gasteiger partial charge in [-0.3, -0.25) is 4.90 Å². The smallest absolute Gasteiger partial charge is 0.387 e. The normalized spacial score (nSPS) is 11.4. The summed E-state index contributed by atoms with van der Waals surface area (Å²) in [6.45, 7) is 4.71. The monoisotopic (exact) mass is 601 g/mol. The van der Waals surface area contributed by atoms with Crippen LogP contribution in [0.1, 0.15) is 43.5 Å². The lowest BCUT2D eigenvalue weighted by Crippen LogP contribution is -2.24. The van der Waals surface area contributed by atoms with Crippen LogP contribution in [0.5, 0.6) is 11.5 Å². The average Bonchev–Trinajstić information content (AvgIpc) is 3.66. The maximum atomic E-state index is 12.8. The van der Waals surface area contributed by atoms with E-state index in [1.807, 2.05) is 37.3 Å². The Hall–Kier alpha value is -4.01. The first kappa shape index (κ1) is 30.4. The number of nitrogens with zero attached hydrogens (tertiary/aromatic N) is 3. The lowest BCUT2D eigenvalue weighted by atomic mass is 10.1. The molecule has 0 unspecified atom stereocenters. The van der Waals surface area contributed by atoms with Crippen LogP contribution in [0.25, 0.3) is 22.6 Å². The SMILES string of the molecule is CCCCn1c(-c2ccccc2)nc(-c2ccsc2)c1CN(Cc1ccc(OC(F)F)cc1)Cc1cccc(OCC)c1. The Morgan fingerprint density at radius 2 is 1.63 bits per heavy atom. The molecular weight excluding hydrogens is 564 g/mol. The summed E-state index contributed by atoms with van der Waals surface area (Å²) < 4.78 is 38.3. The van der Waals surface area contributed by atoms with E-state index in [1.54, 1.807) is 23.5 Å². The summed E-state index contributed by atoms with van der Waals surface area (Å²) >= 11 is 1.67. The summed E-state index contributed by atoms with van der Waals surface area (Å²) in [5, 5.41) is 4.24. The van der Waals surface area contributed by atoms with Gasteiger partial charge in [0, 0.05) is 42.7 Å². The molecule has 2 aromatic heterocycles. The Labute approximate surface area is 256 Å². The number of halogens is 2. The minimum atomic E-state index is -2.85. The second-order valence-electron chi connectivity index (χ2n) is 10.4. The van der Waals surface area contributed by atoms with Gasteiger partial charge in [-0.1, -0.05) is 67.9 Å². The summed E-state index contributed by atoms with van der Waals surface area (Å²) in [5.74, 6) is 1.96. The fraction of sp³-hybridized carbons (Fsp3) is 0.286. The maximum absolute atomic E-state index is 12.8. The first-order valence-electron chi connectivity index (χ1n) is 14.7. The summed E-state index contributed by atoms with van der Waals surface area (Å²) in [4.78, 5) is 7.63. The Balaban J connectivity index is 1.55. The number of thiophene rings is 1. The van der Waals surface area contributed by atoms with Gasteiger partial charge in [-0.2, -0.15) is 20.1 Å². The molecule has 0 radical (unpaired) electrons. The lowest BCUT2D eigenvalue weighted by molar-refractivity contribution is -0.0498. The molecule has 5 aromatic rings. The van der Waals surface area contributed by atoms with Gasteiger partial charge in [0.2, 0.25) is 0 Å². The molecule has 2 heterocycles. The standard InChI is InChI=1S/C35H37F2N3O2S/c1-3-5-19-40-32(33(29-18-20-43-25-29)38-34(40)28-11-7-6-8-12-28)24-39(23-27-10-9-13-31(21-27)41-4-2)22-26-14-16-30(17-15-26)42-35(36)37/h6-18,20-21,25,35H,3-5,19,22-24H2,1-2H3. The highest BCUT2D eigenvalue weighted by molar-refractivity contribution is 7.08. The molecule has 8 heteroatoms. The molecule has 224 valence electrons. The van der Waals surface area contributed by atoms with E-state index in [2.05, 4.69) is 74.4 Å². The van der Waals surface area contributed by atoms with E-state index in [4.69, 9.17) is 9.72 Å². The van der Waals surface area contributed by atoms with E-state index in [0.29, 0.717) is 26.2 Å². The molecule has 0 fully saturated rings. The maximum Gasteiger partial charge on any atom is 0.387 e. The number of imidazole rings is 1. The Kier molecular flexibility index (Phi) is 10.6. The van der Waals surface area contributed by atoms with Gasteiger partial charge in [-0.25, -0.2) is 4.98 Å². The van der Waals surface area contributed by atoms with Gasteiger partial charge in [-0.05, 0) is 60.2 Å². The number of aromatic nitrogens is 2. The molecule has 0 aliphatic heterocycles. The lowest BCUT2D eigenvalue weighted by Gasteiger charge is -2.25. The molecule has 0 N–H and O–H groups in total. The van der Waals surface area contributed by atoms with Gasteiger partial charge >= 0.3 is 6.61 Å². The van der Waals surface area contributed by atoms with Crippen LogP contribution in [0.4, 0.5) is 8.78 Å². The Morgan fingerprint density at radius 1 is 0.837 bits per heavy atom. The molecular formula is C35H37F2N3O2S. The summed E-state index contributed by atoms with van der Waals surface area (Å²) in [5.41, 5.74) is 6.48. The van der Waals surface area contributed by atoms with Gasteiger partial charge in [0.15, 0.2) is 0 Å². The van der Waals surface area contributed by atoms with E-state index in [-0.39, 0.29) is 5.75 Å². The molecule has 0 atom stereocenters. The third-order valence-electron chi connectivity index (χ3n) is 7.18. The van der Waals surface area contributed by atoms with E-state index in [1.165, 1.54) is 0 Å². The minimum absolute atomic E-state index is 0.152. The van der Waals surface area contributed by atoms with Crippen LogP contribution in [0.2, 0.25) is 0 Å². The van der Waals surface area contributed by atoms with Crippen LogP contribution < -0.4 is 9.47 Å². The van der Waals surface area contributed by atoms with E-state index in [9.17, 15) is 8.78 Å². The third-order valence-corrected chi connectivity index (χ3v) is 7.86. The van der Waals surface area contributed by atoms with E-state index in [0.717, 1.165) is 64.6 Å². The van der Waals surface area contributed by atoms with Gasteiger partial charge < -0.3 is 14.0 Å². The second kappa shape index (κ2) is 14.9. The number of alkyl halides is 2. The number of hydrogen-bond acceptors (Lipinski definition) is 5. The highest BCUT2D eigenvalue weighted by atomic mass is 32.1. The molecule has 43 heavy (non-hydrogen) atoms. The van der Waals surface area contributed by atoms with Crippen LogP contribution in [0.15, 0.2) is 95.7 Å². The van der Waals surface area contributed by atoms with Crippen molar-refractivity contribution in [3.63, 3.8) is 0 Å². The highest BCUT2D eigenvalue weighted by Crippen LogP contribution is 2.33. The first-order chi connectivity index (χ1) is 21.0. The average molecular weight is 602 g/mol. The molecule has 0 amide bonds. The van der Waals surface area contributed by atoms with Gasteiger partial charge in [0.05, 0.1) is 18.0 Å². The molecule has 0 bridgehead atoms. The largest absolute Gasteiger partial charge is 0.494 e. The van der Waals surface area contributed by atoms with Crippen molar-refractivity contribution >= 4 is 11.3 Å². The zero-order valence-corrected chi connectivity index (χ0v) is 25.4. The van der Waals surface area contributed by atoms with Crippen LogP contribution in [-0.4, -0.2) is 27.7 Å². The first-order valence-corrected chi connectivity index (χ1v) is 15.6. The molecule has 0 spiro atoms. The van der Waals surface area contributed by atoms with Gasteiger partial charge in [0.1, 0.15) is 17.3 Å². The highest BCUT2D eigenvalue weighted by Gasteiger charge is 2.22. The van der Waals surface area contributed by atoms with Crippen LogP contribution in [-0.2, 0) is 26.2 Å². The Morgan fingerprint density at radius 3 is 2.33 bits per heavy atom. The minimum Gasteiger partial charge on any atom is -0.494 e. The predicted octanol–water partition coefficient (Wildman–Crippen LogP) is 9.28. The zero-order valence-electron chi connectivity index (χ0n) is 24.6. The summed E-state index contributed by atoms with van der Waals surface area (Å²) in [6.07, 6.45) is 2.11. The molecule has 0 aliphatic rings. The van der Waals surface area contributed by atoms with Crippen LogP contribution in [0, 0.1) is 0 Å². The van der Waals surface area contributed by atoms with Crippen molar-refractivity contribution < 1.29 is 18.3 Å². The van der Waals surface area contributed by atoms with Crippen molar-refractivity contribution in [1.82, 2.24) is 14.5 Å². The third kappa shape index (κ3) is 8.09. The molecule has 0 aliphatic carbocycles. The molecule has 0 saturated heterocycles. The zero-order chi connectivity index (χ0) is 30.0. The Bertz CT molecular complexity index is 1550. The van der Waals surface area contributed by atoms with Crippen molar-refractivity contribution in [2.75, 3.05) is 6.61 Å². The number of hydrogen-bond donors (Lipinski definition) is 0. The van der Waals surface area contributed by atoms with Gasteiger partial charge in [0.25, 0.3) is 0 Å². The van der Waals surface area contributed by atoms with Crippen LogP contribution in [0.3, 0.4) is 0 Å². The summed E-state index contributed by atoms with van der Waals surface area (Å²) in [6, 6.07) is 27.6. The van der Waals surface area contributed by atoms with Crippen molar-refractivity contribution in [3.05, 3.63) is 113 Å². The van der Waals surface area contributed by atoms with E-state index < -0.39 is 6.61 Å². The number of rotatable bonds is 15. The topological polar surface area (TPSA) is 39.5 Å². The second-order valence-corrected chi connectivity index (χ2v) is 11.1. The molecule has 5 nitrogen and oxygen atoms in total. The van der Waals surface area contributed by atoms with Crippen molar-refractivity contribution in [2.45, 2.75) is 59.5 Å². The fourth-order valence-corrected chi connectivity index (χ4v) is 5.85. The van der Waals surface area contributed by atoms with Crippen molar-refractivity contribution in [1.29, 1.82) is 0 Å². The predicted molar refractivity (Wildman–Crippen MR) is 170 cm³/mol. The molecule has 3 aromatic carbocycles. The fourth-order valence-electron chi connectivity index (χ4n) is 5.21. The van der Waals surface area contributed by atoms with Crippen molar-refractivity contribution in [2.24, 2.45) is 0 Å². The van der Waals surface area contributed by atoms with Gasteiger partial charge in [-0.15, -0.1) is 0 Å². The quantitative estimate of drug-likeness (QED) is 0.120. The number of unbranched alkanes of at least 4 members (excludes halogenated alkanes) is 1. The van der Waals surface area contributed by atoms with Crippen molar-refractivity contribution in [3.8, 4) is 34.1 Å². The molecule has 0 saturated carbocycles. The van der Waals surface area contributed by atoms with E-state index >= 15 is 0 Å². The summed E-state index contributed by atoms with van der Waals surface area (Å²) in [7, 11) is 0. The molecule has 5 rings (SSSR count). The number of benzene rings is 3. The number of ether oxygens (including phenoxy) is 2.